The highest BCUT2D eigenvalue weighted by molar-refractivity contribution is 5.71. The third-order valence-electron chi connectivity index (χ3n) is 2.54. The van der Waals surface area contributed by atoms with Gasteiger partial charge in [0.25, 0.3) is 0 Å². The molecule has 1 N–H and O–H groups in total. The third kappa shape index (κ3) is 5.80. The summed E-state index contributed by atoms with van der Waals surface area (Å²) < 4.78 is 4.95. The number of hydrogen-bond donors (Lipinski definition) is 1. The van der Waals surface area contributed by atoms with Crippen molar-refractivity contribution < 1.29 is 14.6 Å². The molecule has 1 aromatic rings. The molecule has 0 atom stereocenters. The second kappa shape index (κ2) is 8.66. The quantitative estimate of drug-likeness (QED) is 0.710. The zero-order valence-corrected chi connectivity index (χ0v) is 10.8. The normalized spacial score (nSPS) is 10.6. The fraction of sp³-hybridized carbons (Fsp3) is 0.500. The van der Waals surface area contributed by atoms with Crippen molar-refractivity contribution in [1.29, 1.82) is 0 Å². The van der Waals surface area contributed by atoms with E-state index in [-0.39, 0.29) is 19.1 Å². The van der Waals surface area contributed by atoms with Crippen molar-refractivity contribution in [2.45, 2.75) is 19.9 Å². The minimum absolute atomic E-state index is 0.133. The summed E-state index contributed by atoms with van der Waals surface area (Å²) in [5.74, 6) is -0.216. The molecule has 4 nitrogen and oxygen atoms in total. The van der Waals surface area contributed by atoms with E-state index in [0.29, 0.717) is 26.1 Å². The van der Waals surface area contributed by atoms with E-state index in [0.717, 1.165) is 5.56 Å². The summed E-state index contributed by atoms with van der Waals surface area (Å²) in [6.45, 7) is 3.98. The van der Waals surface area contributed by atoms with Crippen molar-refractivity contribution in [3.8, 4) is 0 Å². The standard InChI is InChI=1S/C14H21NO3/c1-2-18-14(17)12-15(9-6-10-16)11-13-7-4-3-5-8-13/h3-5,7-8,16H,2,6,9-12H2,1H3. The molecule has 0 amide bonds. The molecule has 0 aliphatic rings. The SMILES string of the molecule is CCOC(=O)CN(CCCO)Cc1ccccc1. The predicted molar refractivity (Wildman–Crippen MR) is 70.1 cm³/mol. The monoisotopic (exact) mass is 251 g/mol. The summed E-state index contributed by atoms with van der Waals surface area (Å²) >= 11 is 0. The first-order valence-electron chi connectivity index (χ1n) is 6.29. The Labute approximate surface area is 108 Å². The molecule has 0 heterocycles. The number of hydrogen-bond acceptors (Lipinski definition) is 4. The average Bonchev–Trinajstić information content (AvgIpc) is 2.37. The molecule has 18 heavy (non-hydrogen) atoms. The predicted octanol–water partition coefficient (Wildman–Crippen LogP) is 1.43. The lowest BCUT2D eigenvalue weighted by atomic mass is 10.2. The largest absolute Gasteiger partial charge is 0.465 e. The zero-order valence-electron chi connectivity index (χ0n) is 10.8. The first kappa shape index (κ1) is 14.7. The van der Waals surface area contributed by atoms with Crippen LogP contribution in [0, 0.1) is 0 Å². The van der Waals surface area contributed by atoms with Gasteiger partial charge in [0.15, 0.2) is 0 Å². The maximum atomic E-state index is 11.5. The molecule has 0 aromatic heterocycles. The Balaban J connectivity index is 2.52. The molecule has 0 saturated carbocycles. The summed E-state index contributed by atoms with van der Waals surface area (Å²) in [6.07, 6.45) is 0.659. The van der Waals surface area contributed by atoms with Gasteiger partial charge in [0.1, 0.15) is 0 Å². The molecule has 0 fully saturated rings. The maximum absolute atomic E-state index is 11.5. The van der Waals surface area contributed by atoms with Crippen molar-refractivity contribution in [2.24, 2.45) is 0 Å². The summed E-state index contributed by atoms with van der Waals surface area (Å²) in [5, 5.41) is 8.88. The fourth-order valence-corrected chi connectivity index (χ4v) is 1.74. The lowest BCUT2D eigenvalue weighted by Crippen LogP contribution is -2.32. The highest BCUT2D eigenvalue weighted by Crippen LogP contribution is 2.05. The molecular formula is C14H21NO3. The van der Waals surface area contributed by atoms with Crippen molar-refractivity contribution in [1.82, 2.24) is 4.90 Å². The molecular weight excluding hydrogens is 230 g/mol. The van der Waals surface area contributed by atoms with Crippen LogP contribution in [0.4, 0.5) is 0 Å². The fourth-order valence-electron chi connectivity index (χ4n) is 1.74. The Bertz CT molecular complexity index is 340. The smallest absolute Gasteiger partial charge is 0.320 e. The molecule has 0 saturated heterocycles. The van der Waals surface area contributed by atoms with Gasteiger partial charge in [-0.1, -0.05) is 30.3 Å². The Morgan fingerprint density at radius 2 is 2.06 bits per heavy atom. The van der Waals surface area contributed by atoms with Gasteiger partial charge in [0.2, 0.25) is 0 Å². The van der Waals surface area contributed by atoms with Gasteiger partial charge in [-0.25, -0.2) is 0 Å². The Morgan fingerprint density at radius 3 is 2.67 bits per heavy atom. The molecule has 100 valence electrons. The van der Waals surface area contributed by atoms with Gasteiger partial charge in [0.05, 0.1) is 13.2 Å². The van der Waals surface area contributed by atoms with E-state index in [4.69, 9.17) is 9.84 Å². The number of esters is 1. The maximum Gasteiger partial charge on any atom is 0.320 e. The van der Waals surface area contributed by atoms with Crippen LogP contribution >= 0.6 is 0 Å². The topological polar surface area (TPSA) is 49.8 Å². The van der Waals surface area contributed by atoms with Crippen LogP contribution in [-0.2, 0) is 16.1 Å². The molecule has 0 spiro atoms. The average molecular weight is 251 g/mol. The van der Waals surface area contributed by atoms with E-state index in [1.807, 2.05) is 35.2 Å². The summed E-state index contributed by atoms with van der Waals surface area (Å²) in [5.41, 5.74) is 1.15. The van der Waals surface area contributed by atoms with Gasteiger partial charge in [-0.05, 0) is 18.9 Å². The van der Waals surface area contributed by atoms with E-state index in [1.54, 1.807) is 6.92 Å². The van der Waals surface area contributed by atoms with Crippen LogP contribution in [0.15, 0.2) is 30.3 Å². The van der Waals surface area contributed by atoms with Crippen LogP contribution < -0.4 is 0 Å². The first-order chi connectivity index (χ1) is 8.76. The van der Waals surface area contributed by atoms with Crippen molar-refractivity contribution in [3.05, 3.63) is 35.9 Å². The van der Waals surface area contributed by atoms with Crippen LogP contribution in [0.2, 0.25) is 0 Å². The van der Waals surface area contributed by atoms with Crippen LogP contribution in [0.5, 0.6) is 0 Å². The van der Waals surface area contributed by atoms with Crippen molar-refractivity contribution >= 4 is 5.97 Å². The van der Waals surface area contributed by atoms with E-state index in [2.05, 4.69) is 0 Å². The number of ether oxygens (including phenoxy) is 1. The molecule has 0 radical (unpaired) electrons. The van der Waals surface area contributed by atoms with Gasteiger partial charge < -0.3 is 9.84 Å². The lowest BCUT2D eigenvalue weighted by molar-refractivity contribution is -0.144. The number of rotatable bonds is 8. The first-order valence-corrected chi connectivity index (χ1v) is 6.29. The van der Waals surface area contributed by atoms with Gasteiger partial charge in [0, 0.05) is 19.7 Å². The highest BCUT2D eigenvalue weighted by Gasteiger charge is 2.11. The van der Waals surface area contributed by atoms with Crippen molar-refractivity contribution in [3.63, 3.8) is 0 Å². The van der Waals surface area contributed by atoms with Gasteiger partial charge in [-0.15, -0.1) is 0 Å². The zero-order chi connectivity index (χ0) is 13.2. The highest BCUT2D eigenvalue weighted by atomic mass is 16.5. The Kier molecular flexibility index (Phi) is 7.06. The number of carbonyl (C=O) groups is 1. The minimum Gasteiger partial charge on any atom is -0.465 e. The summed E-state index contributed by atoms with van der Waals surface area (Å²) in [4.78, 5) is 13.5. The number of nitrogens with zero attached hydrogens (tertiary/aromatic N) is 1. The minimum atomic E-state index is -0.216. The molecule has 0 bridgehead atoms. The number of aliphatic hydroxyl groups excluding tert-OH is 1. The Morgan fingerprint density at radius 1 is 1.33 bits per heavy atom. The molecule has 0 aliphatic carbocycles. The summed E-state index contributed by atoms with van der Waals surface area (Å²) in [7, 11) is 0. The summed E-state index contributed by atoms with van der Waals surface area (Å²) in [6, 6.07) is 9.97. The van der Waals surface area contributed by atoms with Crippen LogP contribution in [-0.4, -0.2) is 42.3 Å². The third-order valence-corrected chi connectivity index (χ3v) is 2.54. The van der Waals surface area contributed by atoms with Gasteiger partial charge in [-0.3, -0.25) is 9.69 Å². The van der Waals surface area contributed by atoms with Crippen molar-refractivity contribution in [2.75, 3.05) is 26.3 Å². The Hall–Kier alpha value is -1.39. The van der Waals surface area contributed by atoms with Gasteiger partial charge >= 0.3 is 5.97 Å². The number of carbonyl (C=O) groups excluding carboxylic acids is 1. The van der Waals surface area contributed by atoms with Crippen LogP contribution in [0.1, 0.15) is 18.9 Å². The van der Waals surface area contributed by atoms with E-state index >= 15 is 0 Å². The van der Waals surface area contributed by atoms with E-state index < -0.39 is 0 Å². The molecule has 1 rings (SSSR count). The second-order valence-electron chi connectivity index (χ2n) is 4.08. The second-order valence-corrected chi connectivity index (χ2v) is 4.08. The lowest BCUT2D eigenvalue weighted by Gasteiger charge is -2.20. The molecule has 0 aliphatic heterocycles. The molecule has 1 aromatic carbocycles. The number of benzene rings is 1. The van der Waals surface area contributed by atoms with Crippen LogP contribution in [0.25, 0.3) is 0 Å². The van der Waals surface area contributed by atoms with E-state index in [9.17, 15) is 4.79 Å². The molecule has 0 unspecified atom stereocenters. The molecule has 4 heteroatoms. The van der Waals surface area contributed by atoms with Crippen LogP contribution in [0.3, 0.4) is 0 Å². The number of aliphatic hydroxyl groups is 1. The van der Waals surface area contributed by atoms with Gasteiger partial charge in [-0.2, -0.15) is 0 Å². The van der Waals surface area contributed by atoms with E-state index in [1.165, 1.54) is 0 Å².